The number of ether oxygens (including phenoxy) is 1. The smallest absolute Gasteiger partial charge is 0.411 e. The molecule has 0 bridgehead atoms. The molecule has 1 rings (SSSR count). The fourth-order valence-corrected chi connectivity index (χ4v) is 1.12. The molecule has 0 aliphatic heterocycles. The van der Waals surface area contributed by atoms with Crippen molar-refractivity contribution < 1.29 is 14.5 Å². The van der Waals surface area contributed by atoms with E-state index >= 15 is 0 Å². The zero-order valence-corrected chi connectivity index (χ0v) is 9.81. The van der Waals surface area contributed by atoms with Crippen molar-refractivity contribution in [2.24, 2.45) is 0 Å². The summed E-state index contributed by atoms with van der Waals surface area (Å²) in [5, 5.41) is 12.9. The van der Waals surface area contributed by atoms with Gasteiger partial charge in [0.05, 0.1) is 16.5 Å². The summed E-state index contributed by atoms with van der Waals surface area (Å²) >= 11 is 5.47. The molecular formula is C10H11ClN2O4. The number of carbonyl (C=O) groups excluding carboxylic acids is 1. The van der Waals surface area contributed by atoms with Crippen molar-refractivity contribution in [3.8, 4) is 0 Å². The Kier molecular flexibility index (Phi) is 4.71. The average molecular weight is 259 g/mol. The van der Waals surface area contributed by atoms with Gasteiger partial charge in [-0.15, -0.1) is 11.6 Å². The number of nitrogens with one attached hydrogen (secondary N) is 1. The van der Waals surface area contributed by atoms with E-state index in [1.54, 1.807) is 6.92 Å². The number of anilines is 1. The van der Waals surface area contributed by atoms with Crippen LogP contribution < -0.4 is 5.32 Å². The van der Waals surface area contributed by atoms with Gasteiger partial charge >= 0.3 is 6.09 Å². The van der Waals surface area contributed by atoms with Gasteiger partial charge in [-0.3, -0.25) is 15.4 Å². The number of nitrogens with zero attached hydrogens (tertiary/aromatic N) is 1. The van der Waals surface area contributed by atoms with E-state index in [4.69, 9.17) is 16.3 Å². The molecule has 1 N–H and O–H groups in total. The van der Waals surface area contributed by atoms with Gasteiger partial charge in [-0.2, -0.15) is 0 Å². The second-order valence-corrected chi connectivity index (χ2v) is 3.61. The van der Waals surface area contributed by atoms with E-state index in [2.05, 4.69) is 5.32 Å². The minimum atomic E-state index is -0.696. The second-order valence-electron chi connectivity index (χ2n) is 3.30. The number of nitro benzene ring substituents is 1. The molecule has 17 heavy (non-hydrogen) atoms. The zero-order chi connectivity index (χ0) is 12.8. The third kappa shape index (κ3) is 4.28. The predicted molar refractivity (Wildman–Crippen MR) is 63.4 cm³/mol. The molecule has 0 fully saturated rings. The summed E-state index contributed by atoms with van der Waals surface area (Å²) in [6.07, 6.45) is -1.12. The molecule has 0 radical (unpaired) electrons. The Morgan fingerprint density at radius 1 is 1.65 bits per heavy atom. The standard InChI is InChI=1S/C10H11ClN2O4/c1-7(6-11)17-10(14)12-8-3-2-4-9(5-8)13(15)16/h2-5,7H,6H2,1H3,(H,12,14). The molecule has 0 aliphatic carbocycles. The minimum absolute atomic E-state index is 0.104. The first-order valence-electron chi connectivity index (χ1n) is 4.81. The van der Waals surface area contributed by atoms with Crippen LogP contribution in [0.25, 0.3) is 0 Å². The molecule has 0 aliphatic rings. The van der Waals surface area contributed by atoms with Crippen LogP contribution in [0.4, 0.5) is 16.2 Å². The van der Waals surface area contributed by atoms with Crippen molar-refractivity contribution in [1.29, 1.82) is 0 Å². The van der Waals surface area contributed by atoms with E-state index in [1.165, 1.54) is 24.3 Å². The van der Waals surface area contributed by atoms with E-state index in [1.807, 2.05) is 0 Å². The lowest BCUT2D eigenvalue weighted by molar-refractivity contribution is -0.384. The molecule has 92 valence electrons. The molecule has 7 heteroatoms. The number of non-ortho nitro benzene ring substituents is 1. The highest BCUT2D eigenvalue weighted by Crippen LogP contribution is 2.17. The maximum atomic E-state index is 11.3. The Balaban J connectivity index is 2.65. The Morgan fingerprint density at radius 2 is 2.35 bits per heavy atom. The van der Waals surface area contributed by atoms with E-state index in [0.717, 1.165) is 0 Å². The van der Waals surface area contributed by atoms with Crippen LogP contribution in [-0.4, -0.2) is 23.0 Å². The van der Waals surface area contributed by atoms with Gasteiger partial charge in [0.25, 0.3) is 5.69 Å². The Hall–Kier alpha value is -1.82. The summed E-state index contributed by atoms with van der Waals surface area (Å²) in [4.78, 5) is 21.3. The molecule has 6 nitrogen and oxygen atoms in total. The van der Waals surface area contributed by atoms with Crippen LogP contribution in [0.15, 0.2) is 24.3 Å². The highest BCUT2D eigenvalue weighted by Gasteiger charge is 2.10. The normalized spacial score (nSPS) is 11.6. The number of amides is 1. The summed E-state index contributed by atoms with van der Waals surface area (Å²) < 4.78 is 4.85. The number of rotatable bonds is 4. The van der Waals surface area contributed by atoms with Crippen molar-refractivity contribution in [2.75, 3.05) is 11.2 Å². The van der Waals surface area contributed by atoms with Crippen molar-refractivity contribution in [3.05, 3.63) is 34.4 Å². The van der Waals surface area contributed by atoms with Crippen LogP contribution >= 0.6 is 11.6 Å². The van der Waals surface area contributed by atoms with Gasteiger partial charge in [0.1, 0.15) is 6.10 Å². The van der Waals surface area contributed by atoms with Gasteiger partial charge in [-0.25, -0.2) is 4.79 Å². The molecule has 1 aromatic rings. The SMILES string of the molecule is CC(CCl)OC(=O)Nc1cccc([N+](=O)[O-])c1. The minimum Gasteiger partial charge on any atom is -0.445 e. The van der Waals surface area contributed by atoms with Gasteiger partial charge in [0, 0.05) is 12.1 Å². The Morgan fingerprint density at radius 3 is 2.94 bits per heavy atom. The van der Waals surface area contributed by atoms with E-state index in [0.29, 0.717) is 5.69 Å². The molecule has 1 aromatic carbocycles. The first-order chi connectivity index (χ1) is 8.02. The number of hydrogen-bond donors (Lipinski definition) is 1. The van der Waals surface area contributed by atoms with Crippen molar-refractivity contribution in [3.63, 3.8) is 0 Å². The average Bonchev–Trinajstić information content (AvgIpc) is 2.28. The quantitative estimate of drug-likeness (QED) is 0.511. The van der Waals surface area contributed by atoms with Crippen LogP contribution in [0.5, 0.6) is 0 Å². The van der Waals surface area contributed by atoms with Crippen LogP contribution in [0.1, 0.15) is 6.92 Å². The van der Waals surface area contributed by atoms with E-state index < -0.39 is 17.1 Å². The molecule has 1 amide bonds. The highest BCUT2D eigenvalue weighted by molar-refractivity contribution is 6.18. The van der Waals surface area contributed by atoms with Gasteiger partial charge in [-0.1, -0.05) is 6.07 Å². The Bertz CT molecular complexity index is 425. The van der Waals surface area contributed by atoms with Crippen LogP contribution in [0.2, 0.25) is 0 Å². The second kappa shape index (κ2) is 6.05. The first-order valence-corrected chi connectivity index (χ1v) is 5.34. The maximum absolute atomic E-state index is 11.3. The third-order valence-corrected chi connectivity index (χ3v) is 2.26. The molecule has 0 saturated carbocycles. The summed E-state index contributed by atoms with van der Waals surface area (Å²) in [7, 11) is 0. The topological polar surface area (TPSA) is 81.5 Å². The third-order valence-electron chi connectivity index (χ3n) is 1.83. The molecule has 0 heterocycles. The number of hydrogen-bond acceptors (Lipinski definition) is 4. The van der Waals surface area contributed by atoms with Gasteiger partial charge in [0.15, 0.2) is 0 Å². The van der Waals surface area contributed by atoms with Gasteiger partial charge in [0.2, 0.25) is 0 Å². The number of benzene rings is 1. The number of nitro groups is 1. The lowest BCUT2D eigenvalue weighted by atomic mass is 10.3. The van der Waals surface area contributed by atoms with Crippen LogP contribution in [-0.2, 0) is 4.74 Å². The molecular weight excluding hydrogens is 248 g/mol. The van der Waals surface area contributed by atoms with Crippen molar-refractivity contribution >= 4 is 29.1 Å². The monoisotopic (exact) mass is 258 g/mol. The fourth-order valence-electron chi connectivity index (χ4n) is 1.06. The van der Waals surface area contributed by atoms with Crippen molar-refractivity contribution in [2.45, 2.75) is 13.0 Å². The maximum Gasteiger partial charge on any atom is 0.411 e. The Labute approximate surface area is 103 Å². The molecule has 0 spiro atoms. The first kappa shape index (κ1) is 13.2. The van der Waals surface area contributed by atoms with E-state index in [9.17, 15) is 14.9 Å². The molecule has 1 unspecified atom stereocenters. The summed E-state index contributed by atoms with van der Waals surface area (Å²) in [6.45, 7) is 1.64. The predicted octanol–water partition coefficient (Wildman–Crippen LogP) is 2.77. The number of halogens is 1. The van der Waals surface area contributed by atoms with Gasteiger partial charge < -0.3 is 4.74 Å². The lowest BCUT2D eigenvalue weighted by Gasteiger charge is -2.10. The van der Waals surface area contributed by atoms with Crippen LogP contribution in [0, 0.1) is 10.1 Å². The number of carbonyl (C=O) groups is 1. The van der Waals surface area contributed by atoms with Gasteiger partial charge in [-0.05, 0) is 13.0 Å². The van der Waals surface area contributed by atoms with Crippen LogP contribution in [0.3, 0.4) is 0 Å². The van der Waals surface area contributed by atoms with Crippen molar-refractivity contribution in [1.82, 2.24) is 0 Å². The summed E-state index contributed by atoms with van der Waals surface area (Å²) in [5.74, 6) is 0.183. The molecule has 0 aromatic heterocycles. The van der Waals surface area contributed by atoms with E-state index in [-0.39, 0.29) is 11.6 Å². The fraction of sp³-hybridized carbons (Fsp3) is 0.300. The summed E-state index contributed by atoms with van der Waals surface area (Å²) in [6, 6.07) is 5.57. The zero-order valence-electron chi connectivity index (χ0n) is 9.05. The molecule has 0 saturated heterocycles. The highest BCUT2D eigenvalue weighted by atomic mass is 35.5. The lowest BCUT2D eigenvalue weighted by Crippen LogP contribution is -2.21. The summed E-state index contributed by atoms with van der Waals surface area (Å²) in [5.41, 5.74) is 0.194. The molecule has 1 atom stereocenters. The largest absolute Gasteiger partial charge is 0.445 e. The number of alkyl halides is 1.